The van der Waals surface area contributed by atoms with Crippen LogP contribution in [0.5, 0.6) is 0 Å². The molecule has 0 spiro atoms. The predicted octanol–water partition coefficient (Wildman–Crippen LogP) is 2.33. The lowest BCUT2D eigenvalue weighted by atomic mass is 10.2. The van der Waals surface area contributed by atoms with Crippen LogP contribution in [0.25, 0.3) is 5.69 Å². The second-order valence-corrected chi connectivity index (χ2v) is 4.62. The zero-order valence-electron chi connectivity index (χ0n) is 9.48. The van der Waals surface area contributed by atoms with Crippen molar-refractivity contribution in [2.45, 2.75) is 12.8 Å². The molecule has 8 heteroatoms. The average Bonchev–Trinajstić information content (AvgIpc) is 2.80. The van der Waals surface area contributed by atoms with Crippen LogP contribution in [-0.2, 0) is 11.2 Å². The van der Waals surface area contributed by atoms with Crippen LogP contribution in [0.15, 0.2) is 22.8 Å². The van der Waals surface area contributed by atoms with E-state index in [4.69, 9.17) is 5.11 Å². The van der Waals surface area contributed by atoms with E-state index in [1.807, 2.05) is 0 Å². The average molecular weight is 332 g/mol. The lowest BCUT2D eigenvalue weighted by molar-refractivity contribution is -0.136. The van der Waals surface area contributed by atoms with Gasteiger partial charge in [0.25, 0.3) is 0 Å². The Labute approximate surface area is 115 Å². The summed E-state index contributed by atoms with van der Waals surface area (Å²) in [4.78, 5) is 10.4. The molecule has 0 radical (unpaired) electrons. The molecule has 0 amide bonds. The lowest BCUT2D eigenvalue weighted by Crippen LogP contribution is -2.00. The number of carboxylic acids is 1. The van der Waals surface area contributed by atoms with Crippen LogP contribution in [0.2, 0.25) is 0 Å². The highest BCUT2D eigenvalue weighted by Gasteiger charge is 2.12. The van der Waals surface area contributed by atoms with Crippen molar-refractivity contribution in [3.63, 3.8) is 0 Å². The summed E-state index contributed by atoms with van der Waals surface area (Å²) in [5, 5.41) is 16.0. The van der Waals surface area contributed by atoms with Crippen molar-refractivity contribution in [3.05, 3.63) is 40.1 Å². The van der Waals surface area contributed by atoms with Gasteiger partial charge in [-0.2, -0.15) is 0 Å². The van der Waals surface area contributed by atoms with Crippen LogP contribution >= 0.6 is 15.9 Å². The van der Waals surface area contributed by atoms with Gasteiger partial charge in [0, 0.05) is 12.5 Å². The molecule has 0 aliphatic heterocycles. The van der Waals surface area contributed by atoms with Gasteiger partial charge in [-0.05, 0) is 22.0 Å². The van der Waals surface area contributed by atoms with Gasteiger partial charge in [0.1, 0.15) is 11.5 Å². The van der Waals surface area contributed by atoms with E-state index in [9.17, 15) is 13.6 Å². The third kappa shape index (κ3) is 3.14. The molecule has 1 aromatic carbocycles. The predicted molar refractivity (Wildman–Crippen MR) is 64.9 cm³/mol. The van der Waals surface area contributed by atoms with Crippen molar-refractivity contribution < 1.29 is 18.7 Å². The highest BCUT2D eigenvalue weighted by Crippen LogP contribution is 2.22. The van der Waals surface area contributed by atoms with Crippen LogP contribution < -0.4 is 0 Å². The molecular weight excluding hydrogens is 324 g/mol. The first-order chi connectivity index (χ1) is 8.97. The van der Waals surface area contributed by atoms with E-state index < -0.39 is 17.6 Å². The van der Waals surface area contributed by atoms with E-state index in [2.05, 4.69) is 26.2 Å². The lowest BCUT2D eigenvalue weighted by Gasteiger charge is -2.03. The number of carboxylic acid groups (broad SMARTS) is 1. The summed E-state index contributed by atoms with van der Waals surface area (Å²) in [7, 11) is 0. The second-order valence-electron chi connectivity index (χ2n) is 3.77. The van der Waals surface area contributed by atoms with Gasteiger partial charge >= 0.3 is 5.97 Å². The Morgan fingerprint density at radius 3 is 2.79 bits per heavy atom. The van der Waals surface area contributed by atoms with Crippen molar-refractivity contribution in [2.24, 2.45) is 0 Å². The summed E-state index contributed by atoms with van der Waals surface area (Å²) < 4.78 is 27.9. The Morgan fingerprint density at radius 1 is 1.37 bits per heavy atom. The molecule has 0 saturated heterocycles. The fourth-order valence-electron chi connectivity index (χ4n) is 1.45. The Bertz CT molecular complexity index is 630. The van der Waals surface area contributed by atoms with Crippen molar-refractivity contribution in [2.75, 3.05) is 0 Å². The van der Waals surface area contributed by atoms with Gasteiger partial charge in [-0.25, -0.2) is 13.5 Å². The van der Waals surface area contributed by atoms with Crippen molar-refractivity contribution >= 4 is 21.9 Å². The van der Waals surface area contributed by atoms with E-state index in [0.717, 1.165) is 10.7 Å². The zero-order chi connectivity index (χ0) is 14.0. The van der Waals surface area contributed by atoms with Gasteiger partial charge in [0.15, 0.2) is 5.82 Å². The first-order valence-electron chi connectivity index (χ1n) is 5.25. The zero-order valence-corrected chi connectivity index (χ0v) is 11.1. The third-order valence-corrected chi connectivity index (χ3v) is 2.98. The van der Waals surface area contributed by atoms with Crippen LogP contribution in [0.3, 0.4) is 0 Å². The monoisotopic (exact) mass is 331 g/mol. The van der Waals surface area contributed by atoms with Crippen molar-refractivity contribution in [1.82, 2.24) is 15.0 Å². The normalized spacial score (nSPS) is 10.7. The minimum Gasteiger partial charge on any atom is -0.481 e. The number of hydrogen-bond donors (Lipinski definition) is 1. The quantitative estimate of drug-likeness (QED) is 0.873. The summed E-state index contributed by atoms with van der Waals surface area (Å²) in [6.45, 7) is 0. The fraction of sp³-hybridized carbons (Fsp3) is 0.182. The van der Waals surface area contributed by atoms with Gasteiger partial charge in [-0.15, -0.1) is 5.10 Å². The minimum absolute atomic E-state index is 0.0300. The molecule has 0 fully saturated rings. The smallest absolute Gasteiger partial charge is 0.303 e. The van der Waals surface area contributed by atoms with Gasteiger partial charge in [0.05, 0.1) is 22.8 Å². The number of aliphatic carboxylic acids is 1. The SMILES string of the molecule is O=C(O)CCc1cn(-c2cc(Br)c(F)cc2F)nn1. The molecule has 2 aromatic rings. The standard InChI is InChI=1S/C11H8BrF2N3O2/c12-7-3-10(9(14)4-8(7)13)17-5-6(15-16-17)1-2-11(18)19/h3-5H,1-2H2,(H,18,19). The molecule has 2 rings (SSSR count). The molecule has 1 N–H and O–H groups in total. The molecule has 0 aliphatic rings. The molecule has 5 nitrogen and oxygen atoms in total. The molecule has 0 saturated carbocycles. The highest BCUT2D eigenvalue weighted by atomic mass is 79.9. The van der Waals surface area contributed by atoms with Crippen LogP contribution in [-0.4, -0.2) is 26.1 Å². The molecule has 0 aliphatic carbocycles. The molecule has 0 unspecified atom stereocenters. The van der Waals surface area contributed by atoms with Crippen molar-refractivity contribution in [3.8, 4) is 5.69 Å². The van der Waals surface area contributed by atoms with E-state index in [-0.39, 0.29) is 23.0 Å². The van der Waals surface area contributed by atoms with Crippen LogP contribution in [0.4, 0.5) is 8.78 Å². The van der Waals surface area contributed by atoms with Crippen LogP contribution in [0, 0.1) is 11.6 Å². The summed E-state index contributed by atoms with van der Waals surface area (Å²) in [5.74, 6) is -2.45. The van der Waals surface area contributed by atoms with Gasteiger partial charge in [0.2, 0.25) is 0 Å². The van der Waals surface area contributed by atoms with E-state index >= 15 is 0 Å². The maximum Gasteiger partial charge on any atom is 0.303 e. The molecular formula is C11H8BrF2N3O2. The molecule has 100 valence electrons. The summed E-state index contributed by atoms with van der Waals surface area (Å²) in [6, 6.07) is 1.97. The van der Waals surface area contributed by atoms with Crippen molar-refractivity contribution in [1.29, 1.82) is 0 Å². The third-order valence-electron chi connectivity index (χ3n) is 2.37. The number of benzene rings is 1. The van der Waals surface area contributed by atoms with Gasteiger partial charge in [-0.1, -0.05) is 5.21 Å². The summed E-state index contributed by atoms with van der Waals surface area (Å²) in [5.41, 5.74) is 0.449. The first-order valence-corrected chi connectivity index (χ1v) is 6.04. The molecule has 1 aromatic heterocycles. The number of carbonyl (C=O) groups is 1. The van der Waals surface area contributed by atoms with E-state index in [1.54, 1.807) is 0 Å². The molecule has 0 bridgehead atoms. The summed E-state index contributed by atoms with van der Waals surface area (Å²) in [6.07, 6.45) is 1.51. The molecule has 19 heavy (non-hydrogen) atoms. The number of hydrogen-bond acceptors (Lipinski definition) is 3. The Morgan fingerprint density at radius 2 is 2.11 bits per heavy atom. The Balaban J connectivity index is 2.27. The molecule has 0 atom stereocenters. The number of aryl methyl sites for hydroxylation is 1. The van der Waals surface area contributed by atoms with Gasteiger partial charge in [-0.3, -0.25) is 4.79 Å². The van der Waals surface area contributed by atoms with Crippen LogP contribution in [0.1, 0.15) is 12.1 Å². The maximum absolute atomic E-state index is 13.6. The van der Waals surface area contributed by atoms with Gasteiger partial charge < -0.3 is 5.11 Å². The highest BCUT2D eigenvalue weighted by molar-refractivity contribution is 9.10. The number of nitrogens with zero attached hydrogens (tertiary/aromatic N) is 3. The minimum atomic E-state index is -0.953. The van der Waals surface area contributed by atoms with E-state index in [1.165, 1.54) is 12.3 Å². The number of aromatic nitrogens is 3. The fourth-order valence-corrected chi connectivity index (χ4v) is 1.78. The van der Waals surface area contributed by atoms with E-state index in [0.29, 0.717) is 5.69 Å². The summed E-state index contributed by atoms with van der Waals surface area (Å²) >= 11 is 2.95. The Kier molecular flexibility index (Phi) is 3.89. The molecule has 1 heterocycles. The Hall–Kier alpha value is -1.83. The maximum atomic E-state index is 13.6. The largest absolute Gasteiger partial charge is 0.481 e. The number of halogens is 3. The second kappa shape index (κ2) is 5.43. The number of rotatable bonds is 4. The topological polar surface area (TPSA) is 68.0 Å². The first kappa shape index (κ1) is 13.6.